The molecular weight excluding hydrogens is 352 g/mol. The molecule has 0 spiro atoms. The van der Waals surface area contributed by atoms with Gasteiger partial charge in [-0.3, -0.25) is 0 Å². The summed E-state index contributed by atoms with van der Waals surface area (Å²) >= 11 is 0. The van der Waals surface area contributed by atoms with Crippen molar-refractivity contribution >= 4 is 0 Å². The quantitative estimate of drug-likeness (QED) is 0.686. The van der Waals surface area contributed by atoms with E-state index in [1.807, 2.05) is 41.1 Å². The molecule has 1 aliphatic heterocycles. The largest absolute Gasteiger partial charge is 0.385 e. The zero-order valence-corrected chi connectivity index (χ0v) is 15.7. The molecular formula is C22H22N4O2. The van der Waals surface area contributed by atoms with Crippen molar-refractivity contribution in [3.05, 3.63) is 59.9 Å². The van der Waals surface area contributed by atoms with E-state index in [-0.39, 0.29) is 0 Å². The van der Waals surface area contributed by atoms with Gasteiger partial charge in [0, 0.05) is 35.5 Å². The number of aliphatic hydroxyl groups excluding tert-OH is 1. The molecule has 1 saturated carbocycles. The van der Waals surface area contributed by atoms with Crippen molar-refractivity contribution in [3.8, 4) is 23.1 Å². The Hall–Kier alpha value is -2.88. The number of imidazole rings is 1. The number of fused-ring (bicyclic) bond motifs is 1. The molecule has 1 aromatic carbocycles. The molecule has 4 atom stereocenters. The van der Waals surface area contributed by atoms with Crippen LogP contribution in [0, 0.1) is 29.6 Å². The van der Waals surface area contributed by atoms with Gasteiger partial charge in [-0.2, -0.15) is 0 Å². The van der Waals surface area contributed by atoms with Gasteiger partial charge in [0.25, 0.3) is 0 Å². The molecule has 0 bridgehead atoms. The summed E-state index contributed by atoms with van der Waals surface area (Å²) in [5.41, 5.74) is 2.82. The molecule has 2 fully saturated rings. The van der Waals surface area contributed by atoms with Crippen molar-refractivity contribution in [1.29, 1.82) is 0 Å². The summed E-state index contributed by atoms with van der Waals surface area (Å²) in [5, 5.41) is 17.3. The van der Waals surface area contributed by atoms with Gasteiger partial charge in [0.1, 0.15) is 17.6 Å². The number of benzene rings is 1. The average Bonchev–Trinajstić information content (AvgIpc) is 3.21. The van der Waals surface area contributed by atoms with Crippen LogP contribution in [0.5, 0.6) is 0 Å². The van der Waals surface area contributed by atoms with E-state index in [9.17, 15) is 5.11 Å². The van der Waals surface area contributed by atoms with Gasteiger partial charge in [-0.05, 0) is 44.0 Å². The van der Waals surface area contributed by atoms with E-state index in [0.29, 0.717) is 24.0 Å². The fourth-order valence-corrected chi connectivity index (χ4v) is 4.04. The maximum Gasteiger partial charge on any atom is 0.157 e. The first-order valence-corrected chi connectivity index (χ1v) is 9.66. The normalized spacial score (nSPS) is 23.7. The van der Waals surface area contributed by atoms with Gasteiger partial charge in [-0.25, -0.2) is 4.98 Å². The van der Waals surface area contributed by atoms with Gasteiger partial charge in [-0.1, -0.05) is 29.1 Å². The van der Waals surface area contributed by atoms with E-state index in [2.05, 4.69) is 27.3 Å². The lowest BCUT2D eigenvalue weighted by Crippen LogP contribution is -2.13. The molecule has 0 unspecified atom stereocenters. The Bertz CT molecular complexity index is 1030. The second-order valence-electron chi connectivity index (χ2n) is 7.63. The third-order valence-electron chi connectivity index (χ3n) is 5.66. The highest BCUT2D eigenvalue weighted by Crippen LogP contribution is 2.48. The predicted octanol–water partition coefficient (Wildman–Crippen LogP) is 2.46. The van der Waals surface area contributed by atoms with Crippen molar-refractivity contribution in [2.45, 2.75) is 19.6 Å². The fourth-order valence-electron chi connectivity index (χ4n) is 4.04. The maximum absolute atomic E-state index is 9.77. The summed E-state index contributed by atoms with van der Waals surface area (Å²) in [7, 11) is 0. The smallest absolute Gasteiger partial charge is 0.157 e. The predicted molar refractivity (Wildman–Crippen MR) is 104 cm³/mol. The van der Waals surface area contributed by atoms with Gasteiger partial charge < -0.3 is 19.5 Å². The molecule has 0 amide bonds. The van der Waals surface area contributed by atoms with Gasteiger partial charge in [-0.15, -0.1) is 0 Å². The molecule has 142 valence electrons. The number of aliphatic hydroxyl groups is 1. The van der Waals surface area contributed by atoms with E-state index in [4.69, 9.17) is 4.52 Å². The summed E-state index contributed by atoms with van der Waals surface area (Å²) < 4.78 is 7.33. The summed E-state index contributed by atoms with van der Waals surface area (Å²) in [4.78, 5) is 4.17. The third kappa shape index (κ3) is 3.24. The molecule has 1 aliphatic carbocycles. The first-order chi connectivity index (χ1) is 13.7. The minimum Gasteiger partial charge on any atom is -0.385 e. The van der Waals surface area contributed by atoms with Gasteiger partial charge in [0.2, 0.25) is 0 Å². The van der Waals surface area contributed by atoms with Crippen LogP contribution in [-0.4, -0.2) is 32.9 Å². The summed E-state index contributed by atoms with van der Waals surface area (Å²) in [6, 6.07) is 10.0. The number of nitrogens with one attached hydrogen (secondary N) is 1. The highest BCUT2D eigenvalue weighted by molar-refractivity contribution is 5.60. The Morgan fingerprint density at radius 3 is 2.82 bits per heavy atom. The van der Waals surface area contributed by atoms with Crippen molar-refractivity contribution < 1.29 is 9.63 Å². The number of piperidine rings is 1. The van der Waals surface area contributed by atoms with E-state index >= 15 is 0 Å². The fraction of sp³-hybridized carbons (Fsp3) is 0.364. The zero-order valence-electron chi connectivity index (χ0n) is 15.7. The van der Waals surface area contributed by atoms with Gasteiger partial charge in [0.15, 0.2) is 5.76 Å². The third-order valence-corrected chi connectivity index (χ3v) is 5.66. The number of rotatable bonds is 4. The van der Waals surface area contributed by atoms with Crippen LogP contribution in [0.25, 0.3) is 11.3 Å². The number of hydrogen-bond donors (Lipinski definition) is 2. The molecule has 2 aromatic heterocycles. The van der Waals surface area contributed by atoms with Crippen molar-refractivity contribution in [2.75, 3.05) is 13.1 Å². The standard InChI is InChI=1S/C22H22N4O2/c1-14(27)22-24-8-9-26(22)13-17-10-21(25-28-17)16-5-2-15(3-6-16)4-7-18-19-11-23-12-20(18)19/h2-3,5-6,8-10,14,18-20,23,27H,11-13H2,1H3/t14-,18-,19-,20+/m0/s1. The molecule has 28 heavy (non-hydrogen) atoms. The van der Waals surface area contributed by atoms with Crippen LogP contribution in [0.4, 0.5) is 0 Å². The van der Waals surface area contributed by atoms with Crippen molar-refractivity contribution in [3.63, 3.8) is 0 Å². The molecule has 2 N–H and O–H groups in total. The van der Waals surface area contributed by atoms with Gasteiger partial charge >= 0.3 is 0 Å². The Kier molecular flexibility index (Phi) is 4.27. The molecule has 6 nitrogen and oxygen atoms in total. The average molecular weight is 374 g/mol. The molecule has 3 aromatic rings. The molecule has 6 heteroatoms. The highest BCUT2D eigenvalue weighted by Gasteiger charge is 2.51. The van der Waals surface area contributed by atoms with E-state index < -0.39 is 6.10 Å². The van der Waals surface area contributed by atoms with Crippen LogP contribution < -0.4 is 5.32 Å². The van der Waals surface area contributed by atoms with Crippen LogP contribution >= 0.6 is 0 Å². The van der Waals surface area contributed by atoms with E-state index in [0.717, 1.165) is 41.7 Å². The highest BCUT2D eigenvalue weighted by atomic mass is 16.5. The zero-order chi connectivity index (χ0) is 19.1. The minimum atomic E-state index is -0.627. The molecule has 0 radical (unpaired) electrons. The monoisotopic (exact) mass is 374 g/mol. The molecule has 3 heterocycles. The lowest BCUT2D eigenvalue weighted by Gasteiger charge is -2.07. The first-order valence-electron chi connectivity index (χ1n) is 9.66. The maximum atomic E-state index is 9.77. The topological polar surface area (TPSA) is 76.1 Å². The van der Waals surface area contributed by atoms with E-state index in [1.165, 1.54) is 0 Å². The lowest BCUT2D eigenvalue weighted by molar-refractivity contribution is 0.183. The molecule has 1 saturated heterocycles. The van der Waals surface area contributed by atoms with Crippen LogP contribution in [0.15, 0.2) is 47.2 Å². The number of aromatic nitrogens is 3. The minimum absolute atomic E-state index is 0.482. The second kappa shape index (κ2) is 6.93. The second-order valence-corrected chi connectivity index (χ2v) is 7.63. The first kappa shape index (κ1) is 17.2. The van der Waals surface area contributed by atoms with Crippen molar-refractivity contribution in [1.82, 2.24) is 20.0 Å². The van der Waals surface area contributed by atoms with Gasteiger partial charge in [0.05, 0.1) is 6.54 Å². The van der Waals surface area contributed by atoms with E-state index in [1.54, 1.807) is 13.1 Å². The van der Waals surface area contributed by atoms with Crippen LogP contribution in [0.3, 0.4) is 0 Å². The van der Waals surface area contributed by atoms with Crippen LogP contribution in [0.1, 0.15) is 30.2 Å². The number of nitrogens with zero attached hydrogens (tertiary/aromatic N) is 3. The number of hydrogen-bond acceptors (Lipinski definition) is 5. The SMILES string of the molecule is C[C@H](O)c1nccn1Cc1cc(-c2ccc(C#C[C@@H]3[C@H]4CNC[C@@H]34)cc2)no1. The molecule has 2 aliphatic rings. The summed E-state index contributed by atoms with van der Waals surface area (Å²) in [6.07, 6.45) is 2.86. The summed E-state index contributed by atoms with van der Waals surface area (Å²) in [5.74, 6) is 10.2. The molecule has 5 rings (SSSR count). The Balaban J connectivity index is 1.27. The van der Waals surface area contributed by atoms with Crippen LogP contribution in [0.2, 0.25) is 0 Å². The Labute approximate surface area is 163 Å². The Morgan fingerprint density at radius 1 is 1.29 bits per heavy atom. The van der Waals surface area contributed by atoms with Crippen LogP contribution in [-0.2, 0) is 6.54 Å². The Morgan fingerprint density at radius 2 is 2.07 bits per heavy atom. The van der Waals surface area contributed by atoms with Crippen molar-refractivity contribution in [2.24, 2.45) is 17.8 Å². The summed E-state index contributed by atoms with van der Waals surface area (Å²) in [6.45, 7) is 4.42. The lowest BCUT2D eigenvalue weighted by atomic mass is 10.1.